The summed E-state index contributed by atoms with van der Waals surface area (Å²) in [6.45, 7) is 4.96. The summed E-state index contributed by atoms with van der Waals surface area (Å²) in [5, 5.41) is 14.1. The number of amides is 1. The molecule has 3 unspecified atom stereocenters. The molecule has 0 aliphatic carbocycles. The molecule has 0 rings (SSSR count). The smallest absolute Gasteiger partial charge is 0.391 e. The largest absolute Gasteiger partial charge is 0.472 e. The Morgan fingerprint density at radius 1 is 0.411 bits per heavy atom. The fourth-order valence-corrected chi connectivity index (χ4v) is 11.2. The molecule has 9 heteroatoms. The second kappa shape index (κ2) is 56.2. The van der Waals surface area contributed by atoms with Crippen molar-refractivity contribution < 1.29 is 32.9 Å². The van der Waals surface area contributed by atoms with E-state index in [2.05, 4.69) is 19.2 Å². The van der Waals surface area contributed by atoms with Gasteiger partial charge in [0.1, 0.15) is 13.2 Å². The first-order valence-electron chi connectivity index (χ1n) is 32.9. The summed E-state index contributed by atoms with van der Waals surface area (Å²) in [5.41, 5.74) is 0. The van der Waals surface area contributed by atoms with Gasteiger partial charge in [-0.2, -0.15) is 0 Å². The van der Waals surface area contributed by atoms with Crippen LogP contribution in [0.15, 0.2) is 0 Å². The summed E-state index contributed by atoms with van der Waals surface area (Å²) < 4.78 is 23.9. The van der Waals surface area contributed by atoms with Gasteiger partial charge in [0.05, 0.1) is 39.9 Å². The second-order valence-corrected chi connectivity index (χ2v) is 25.7. The fraction of sp³-hybridized carbons (Fsp3) is 0.984. The molecule has 73 heavy (non-hydrogen) atoms. The number of likely N-dealkylation sites (N-methyl/N-ethyl adjacent to an activating group) is 1. The highest BCUT2D eigenvalue weighted by Crippen LogP contribution is 2.43. The Bertz CT molecular complexity index is 1150. The van der Waals surface area contributed by atoms with Crippen LogP contribution in [0.1, 0.15) is 354 Å². The molecule has 0 aromatic carbocycles. The molecule has 0 fully saturated rings. The van der Waals surface area contributed by atoms with Crippen LogP contribution in [0, 0.1) is 0 Å². The number of phosphoric acid groups is 1. The molecule has 1 amide bonds. The van der Waals surface area contributed by atoms with Crippen molar-refractivity contribution in [3.63, 3.8) is 0 Å². The lowest BCUT2D eigenvalue weighted by Gasteiger charge is -2.26. The molecule has 0 saturated carbocycles. The molecule has 3 atom stereocenters. The Morgan fingerprint density at radius 2 is 0.658 bits per heavy atom. The van der Waals surface area contributed by atoms with Crippen LogP contribution in [0.25, 0.3) is 0 Å². The average molecular weight is 1060 g/mol. The van der Waals surface area contributed by atoms with E-state index < -0.39 is 20.0 Å². The summed E-state index contributed by atoms with van der Waals surface area (Å²) in [4.78, 5) is 23.4. The predicted octanol–water partition coefficient (Wildman–Crippen LogP) is 20.4. The molecule has 438 valence electrons. The number of rotatable bonds is 62. The van der Waals surface area contributed by atoms with Crippen LogP contribution in [-0.2, 0) is 18.4 Å². The molecule has 0 saturated heterocycles. The summed E-state index contributed by atoms with van der Waals surface area (Å²) >= 11 is 0. The van der Waals surface area contributed by atoms with E-state index in [1.165, 1.54) is 289 Å². The van der Waals surface area contributed by atoms with Crippen LogP contribution < -0.4 is 5.32 Å². The molecule has 0 aromatic heterocycles. The summed E-state index contributed by atoms with van der Waals surface area (Å²) in [5.74, 6) is -0.134. The van der Waals surface area contributed by atoms with Gasteiger partial charge in [0, 0.05) is 6.42 Å². The topological polar surface area (TPSA) is 105 Å². The van der Waals surface area contributed by atoms with Crippen LogP contribution in [0.3, 0.4) is 0 Å². The van der Waals surface area contributed by atoms with Crippen LogP contribution >= 0.6 is 7.82 Å². The lowest BCUT2D eigenvalue weighted by molar-refractivity contribution is -0.870. The van der Waals surface area contributed by atoms with Gasteiger partial charge in [-0.3, -0.25) is 13.8 Å². The lowest BCUT2D eigenvalue weighted by atomic mass is 10.0. The van der Waals surface area contributed by atoms with Crippen molar-refractivity contribution >= 4 is 13.7 Å². The van der Waals surface area contributed by atoms with Crippen molar-refractivity contribution in [2.45, 2.75) is 366 Å². The summed E-state index contributed by atoms with van der Waals surface area (Å²) in [6, 6.07) is -0.756. The number of aliphatic hydroxyl groups excluding tert-OH is 1. The summed E-state index contributed by atoms with van der Waals surface area (Å²) in [7, 11) is 1.64. The Morgan fingerprint density at radius 3 is 0.918 bits per heavy atom. The lowest BCUT2D eigenvalue weighted by Crippen LogP contribution is -2.46. The molecule has 0 spiro atoms. The quantitative estimate of drug-likeness (QED) is 0.0318. The van der Waals surface area contributed by atoms with Crippen molar-refractivity contribution in [3.8, 4) is 0 Å². The van der Waals surface area contributed by atoms with Gasteiger partial charge in [0.2, 0.25) is 5.91 Å². The number of quaternary nitrogens is 1. The van der Waals surface area contributed by atoms with Gasteiger partial charge in [-0.15, -0.1) is 0 Å². The maximum Gasteiger partial charge on any atom is 0.472 e. The molecular weight excluding hydrogens is 924 g/mol. The molecule has 0 heterocycles. The maximum absolute atomic E-state index is 13.0. The molecule has 0 aliphatic heterocycles. The first-order valence-corrected chi connectivity index (χ1v) is 34.4. The second-order valence-electron chi connectivity index (χ2n) is 24.2. The molecule has 0 aromatic rings. The predicted molar refractivity (Wildman–Crippen MR) is 319 cm³/mol. The highest BCUT2D eigenvalue weighted by Gasteiger charge is 2.28. The van der Waals surface area contributed by atoms with Gasteiger partial charge < -0.3 is 19.8 Å². The number of unbranched alkanes of at least 4 members (excludes halogenated alkanes) is 49. The van der Waals surface area contributed by atoms with Crippen LogP contribution in [0.5, 0.6) is 0 Å². The highest BCUT2D eigenvalue weighted by atomic mass is 31.2. The Labute approximate surface area is 457 Å². The normalized spacial score (nSPS) is 13.7. The third kappa shape index (κ3) is 59.0. The minimum absolute atomic E-state index is 0.0794. The number of carbonyl (C=O) groups excluding carboxylic acids is 1. The van der Waals surface area contributed by atoms with Crippen molar-refractivity contribution in [3.05, 3.63) is 0 Å². The Balaban J connectivity index is 4.03. The Kier molecular flexibility index (Phi) is 55.8. The average Bonchev–Trinajstić information content (AvgIpc) is 3.35. The zero-order valence-corrected chi connectivity index (χ0v) is 51.1. The van der Waals surface area contributed by atoms with Gasteiger partial charge in [0.25, 0.3) is 0 Å². The zero-order chi connectivity index (χ0) is 53.5. The maximum atomic E-state index is 13.0. The molecular formula is C64H132N2O6P+. The van der Waals surface area contributed by atoms with E-state index in [0.29, 0.717) is 23.9 Å². The van der Waals surface area contributed by atoms with Gasteiger partial charge in [0.15, 0.2) is 0 Å². The minimum atomic E-state index is -4.32. The van der Waals surface area contributed by atoms with Gasteiger partial charge in [-0.1, -0.05) is 335 Å². The number of carbonyl (C=O) groups is 1. The fourth-order valence-electron chi connectivity index (χ4n) is 10.5. The van der Waals surface area contributed by atoms with E-state index in [1.54, 1.807) is 0 Å². The van der Waals surface area contributed by atoms with Crippen LogP contribution in [0.2, 0.25) is 0 Å². The summed E-state index contributed by atoms with van der Waals surface area (Å²) in [6.07, 6.45) is 69.0. The van der Waals surface area contributed by atoms with Crippen molar-refractivity contribution in [2.24, 2.45) is 0 Å². The number of phosphoric ester groups is 1. The molecule has 0 radical (unpaired) electrons. The minimum Gasteiger partial charge on any atom is -0.391 e. The first-order chi connectivity index (χ1) is 35.5. The molecule has 8 nitrogen and oxygen atoms in total. The molecule has 0 aliphatic rings. The van der Waals surface area contributed by atoms with Crippen LogP contribution in [-0.4, -0.2) is 73.4 Å². The standard InChI is InChI=1S/C64H131N2O6P/c1-6-8-10-12-14-16-18-20-22-24-26-28-30-32-34-36-38-40-42-44-46-48-50-52-54-56-58-64(68)65-62(61-72-73(69,70)71-60-59-66(3,4)5)63(67)57-55-53-51-49-47-45-43-41-39-37-35-33-31-29-27-25-23-21-19-17-15-13-11-9-7-2/h62-63,67H,6-61H2,1-5H3,(H-,65,68,69,70)/p+1. The van der Waals surface area contributed by atoms with Crippen molar-refractivity contribution in [2.75, 3.05) is 40.9 Å². The van der Waals surface area contributed by atoms with E-state index in [-0.39, 0.29) is 19.1 Å². The van der Waals surface area contributed by atoms with E-state index in [4.69, 9.17) is 9.05 Å². The van der Waals surface area contributed by atoms with Gasteiger partial charge >= 0.3 is 7.82 Å². The first kappa shape index (κ1) is 72.5. The monoisotopic (exact) mass is 1060 g/mol. The third-order valence-electron chi connectivity index (χ3n) is 15.6. The van der Waals surface area contributed by atoms with E-state index >= 15 is 0 Å². The number of hydrogen-bond donors (Lipinski definition) is 3. The van der Waals surface area contributed by atoms with Gasteiger partial charge in [-0.25, -0.2) is 4.57 Å². The molecule has 0 bridgehead atoms. The number of aliphatic hydroxyl groups is 1. The SMILES string of the molecule is CCCCCCCCCCCCCCCCCCCCCCCCCCCCC(=O)NC(COP(=O)(O)OCC[N+](C)(C)C)C(O)CCCCCCCCCCCCCCCCCCCCCCCCCCC. The number of nitrogens with one attached hydrogen (secondary N) is 1. The van der Waals surface area contributed by atoms with Gasteiger partial charge in [-0.05, 0) is 12.8 Å². The number of nitrogens with zero attached hydrogens (tertiary/aromatic N) is 1. The highest BCUT2D eigenvalue weighted by molar-refractivity contribution is 7.47. The zero-order valence-electron chi connectivity index (χ0n) is 50.2. The van der Waals surface area contributed by atoms with E-state index in [9.17, 15) is 19.4 Å². The van der Waals surface area contributed by atoms with E-state index in [0.717, 1.165) is 38.5 Å². The number of hydrogen-bond acceptors (Lipinski definition) is 5. The Hall–Kier alpha value is -0.500. The molecule has 3 N–H and O–H groups in total. The third-order valence-corrected chi connectivity index (χ3v) is 16.6. The van der Waals surface area contributed by atoms with Crippen molar-refractivity contribution in [1.29, 1.82) is 0 Å². The van der Waals surface area contributed by atoms with E-state index in [1.807, 2.05) is 21.1 Å². The van der Waals surface area contributed by atoms with Crippen molar-refractivity contribution in [1.82, 2.24) is 5.32 Å². The van der Waals surface area contributed by atoms with Crippen LogP contribution in [0.4, 0.5) is 0 Å².